The van der Waals surface area contributed by atoms with E-state index in [9.17, 15) is 4.79 Å². The number of amides is 1. The van der Waals surface area contributed by atoms with Gasteiger partial charge in [-0.15, -0.1) is 0 Å². The first-order valence-corrected chi connectivity index (χ1v) is 9.00. The summed E-state index contributed by atoms with van der Waals surface area (Å²) in [6.07, 6.45) is 2.00. The van der Waals surface area contributed by atoms with E-state index in [4.69, 9.17) is 10.2 Å². The number of pyridine rings is 1. The SMILES string of the molecule is Cc1ccccc1-c1cc(C(=O)N(C)CCC#N)c2cnn(C(C)C)c2n1. The van der Waals surface area contributed by atoms with Gasteiger partial charge in [-0.05, 0) is 32.4 Å². The normalized spacial score (nSPS) is 11.0. The van der Waals surface area contributed by atoms with E-state index in [2.05, 4.69) is 11.2 Å². The summed E-state index contributed by atoms with van der Waals surface area (Å²) in [4.78, 5) is 19.5. The number of nitrogens with zero attached hydrogens (tertiary/aromatic N) is 5. The highest BCUT2D eigenvalue weighted by atomic mass is 16.2. The molecule has 3 aromatic rings. The summed E-state index contributed by atoms with van der Waals surface area (Å²) < 4.78 is 1.84. The summed E-state index contributed by atoms with van der Waals surface area (Å²) >= 11 is 0. The fourth-order valence-corrected chi connectivity index (χ4v) is 3.10. The molecule has 0 aliphatic heterocycles. The Morgan fingerprint density at radius 3 is 2.74 bits per heavy atom. The molecule has 0 aliphatic carbocycles. The van der Waals surface area contributed by atoms with Gasteiger partial charge in [-0.25, -0.2) is 9.67 Å². The van der Waals surface area contributed by atoms with Gasteiger partial charge in [-0.1, -0.05) is 24.3 Å². The van der Waals surface area contributed by atoms with Crippen molar-refractivity contribution in [2.75, 3.05) is 13.6 Å². The van der Waals surface area contributed by atoms with Crippen molar-refractivity contribution in [1.29, 1.82) is 5.26 Å². The van der Waals surface area contributed by atoms with E-state index in [-0.39, 0.29) is 11.9 Å². The second kappa shape index (κ2) is 7.58. The molecule has 2 heterocycles. The number of carbonyl (C=O) groups is 1. The van der Waals surface area contributed by atoms with Gasteiger partial charge in [-0.2, -0.15) is 10.4 Å². The minimum atomic E-state index is -0.129. The molecule has 3 rings (SSSR count). The van der Waals surface area contributed by atoms with E-state index in [0.29, 0.717) is 24.2 Å². The Hall–Kier alpha value is -3.20. The van der Waals surface area contributed by atoms with E-state index in [1.165, 1.54) is 0 Å². The lowest BCUT2D eigenvalue weighted by molar-refractivity contribution is 0.0800. The van der Waals surface area contributed by atoms with Crippen LogP contribution in [0.1, 0.15) is 42.2 Å². The predicted molar refractivity (Wildman–Crippen MR) is 105 cm³/mol. The Morgan fingerprint density at radius 2 is 2.07 bits per heavy atom. The van der Waals surface area contributed by atoms with Crippen LogP contribution < -0.4 is 0 Å². The molecule has 0 N–H and O–H groups in total. The van der Waals surface area contributed by atoms with Crippen LogP contribution in [0, 0.1) is 18.3 Å². The van der Waals surface area contributed by atoms with Crippen molar-refractivity contribution in [1.82, 2.24) is 19.7 Å². The Morgan fingerprint density at radius 1 is 1.33 bits per heavy atom. The highest BCUT2D eigenvalue weighted by Gasteiger charge is 2.21. The molecule has 0 aliphatic rings. The molecule has 1 aromatic carbocycles. The first kappa shape index (κ1) is 18.6. The average molecular weight is 361 g/mol. The van der Waals surface area contributed by atoms with Gasteiger partial charge in [0.25, 0.3) is 5.91 Å². The van der Waals surface area contributed by atoms with Crippen LogP contribution in [0.4, 0.5) is 0 Å². The summed E-state index contributed by atoms with van der Waals surface area (Å²) in [7, 11) is 1.71. The molecule has 0 atom stereocenters. The number of fused-ring (bicyclic) bond motifs is 1. The Kier molecular flexibility index (Phi) is 5.22. The minimum absolute atomic E-state index is 0.126. The van der Waals surface area contributed by atoms with Crippen LogP contribution in [0.2, 0.25) is 0 Å². The van der Waals surface area contributed by atoms with Crippen molar-refractivity contribution >= 4 is 16.9 Å². The van der Waals surface area contributed by atoms with Crippen LogP contribution in [-0.4, -0.2) is 39.2 Å². The molecule has 1 amide bonds. The third kappa shape index (κ3) is 3.54. The zero-order valence-corrected chi connectivity index (χ0v) is 16.1. The number of carbonyl (C=O) groups excluding carboxylic acids is 1. The fraction of sp³-hybridized carbons (Fsp3) is 0.333. The highest BCUT2D eigenvalue weighted by Crippen LogP contribution is 2.28. The van der Waals surface area contributed by atoms with Crippen molar-refractivity contribution in [2.45, 2.75) is 33.2 Å². The van der Waals surface area contributed by atoms with Gasteiger partial charge in [0, 0.05) is 25.2 Å². The van der Waals surface area contributed by atoms with Crippen molar-refractivity contribution < 1.29 is 4.79 Å². The third-order valence-corrected chi connectivity index (χ3v) is 4.61. The monoisotopic (exact) mass is 361 g/mol. The average Bonchev–Trinajstić information content (AvgIpc) is 3.09. The van der Waals surface area contributed by atoms with Gasteiger partial charge in [0.2, 0.25) is 0 Å². The summed E-state index contributed by atoms with van der Waals surface area (Å²) in [6.45, 7) is 6.49. The van der Waals surface area contributed by atoms with Crippen LogP contribution in [-0.2, 0) is 0 Å². The van der Waals surface area contributed by atoms with Crippen LogP contribution in [0.5, 0.6) is 0 Å². The summed E-state index contributed by atoms with van der Waals surface area (Å²) in [5, 5.41) is 14.0. The number of aryl methyl sites for hydroxylation is 1. The topological polar surface area (TPSA) is 74.8 Å². The third-order valence-electron chi connectivity index (χ3n) is 4.61. The number of rotatable bonds is 5. The smallest absolute Gasteiger partial charge is 0.254 e. The predicted octanol–water partition coefficient (Wildman–Crippen LogP) is 3.97. The van der Waals surface area contributed by atoms with E-state index < -0.39 is 0 Å². The van der Waals surface area contributed by atoms with Crippen LogP contribution >= 0.6 is 0 Å². The number of hydrogen-bond acceptors (Lipinski definition) is 4. The van der Waals surface area contributed by atoms with Gasteiger partial charge in [0.1, 0.15) is 0 Å². The standard InChI is InChI=1S/C21H23N5O/c1-14(2)26-20-18(13-23-26)17(21(27)25(4)11-7-10-22)12-19(24-20)16-9-6-5-8-15(16)3/h5-6,8-9,12-14H,7,11H2,1-4H3. The lowest BCUT2D eigenvalue weighted by Crippen LogP contribution is -2.27. The van der Waals surface area contributed by atoms with Crippen molar-refractivity contribution in [3.05, 3.63) is 47.7 Å². The number of nitriles is 1. The molecule has 2 aromatic heterocycles. The molecular weight excluding hydrogens is 338 g/mol. The molecular formula is C21H23N5O. The molecule has 0 unspecified atom stereocenters. The Balaban J connectivity index is 2.21. The maximum Gasteiger partial charge on any atom is 0.254 e. The first-order chi connectivity index (χ1) is 12.9. The lowest BCUT2D eigenvalue weighted by Gasteiger charge is -2.17. The number of hydrogen-bond donors (Lipinski definition) is 0. The van der Waals surface area contributed by atoms with Gasteiger partial charge < -0.3 is 4.90 Å². The van der Waals surface area contributed by atoms with Crippen molar-refractivity contribution in [3.8, 4) is 17.3 Å². The van der Waals surface area contributed by atoms with Crippen LogP contribution in [0.25, 0.3) is 22.3 Å². The summed E-state index contributed by atoms with van der Waals surface area (Å²) in [5.74, 6) is -0.129. The van der Waals surface area contributed by atoms with E-state index >= 15 is 0 Å². The molecule has 138 valence electrons. The van der Waals surface area contributed by atoms with E-state index in [1.807, 2.05) is 55.8 Å². The van der Waals surface area contributed by atoms with Gasteiger partial charge >= 0.3 is 0 Å². The quantitative estimate of drug-likeness (QED) is 0.689. The molecule has 0 spiro atoms. The maximum atomic E-state index is 13.1. The van der Waals surface area contributed by atoms with Gasteiger partial charge in [0.15, 0.2) is 5.65 Å². The lowest BCUT2D eigenvalue weighted by atomic mass is 10.0. The number of benzene rings is 1. The zero-order chi connectivity index (χ0) is 19.6. The molecule has 6 heteroatoms. The number of aromatic nitrogens is 3. The van der Waals surface area contributed by atoms with E-state index in [0.717, 1.165) is 22.2 Å². The molecule has 0 saturated heterocycles. The molecule has 27 heavy (non-hydrogen) atoms. The maximum absolute atomic E-state index is 13.1. The van der Waals surface area contributed by atoms with E-state index in [1.54, 1.807) is 18.1 Å². The van der Waals surface area contributed by atoms with Crippen LogP contribution in [0.15, 0.2) is 36.5 Å². The highest BCUT2D eigenvalue weighted by molar-refractivity contribution is 6.06. The van der Waals surface area contributed by atoms with Gasteiger partial charge in [-0.3, -0.25) is 4.79 Å². The minimum Gasteiger partial charge on any atom is -0.341 e. The van der Waals surface area contributed by atoms with Gasteiger partial charge in [0.05, 0.1) is 35.3 Å². The molecule has 0 fully saturated rings. The molecule has 0 saturated carbocycles. The fourth-order valence-electron chi connectivity index (χ4n) is 3.10. The van der Waals surface area contributed by atoms with Crippen molar-refractivity contribution in [3.63, 3.8) is 0 Å². The summed E-state index contributed by atoms with van der Waals surface area (Å²) in [5.41, 5.74) is 4.09. The zero-order valence-electron chi connectivity index (χ0n) is 16.1. The second-order valence-electron chi connectivity index (χ2n) is 6.92. The second-order valence-corrected chi connectivity index (χ2v) is 6.92. The largest absolute Gasteiger partial charge is 0.341 e. The Labute approximate surface area is 159 Å². The molecule has 6 nitrogen and oxygen atoms in total. The molecule has 0 radical (unpaired) electrons. The van der Waals surface area contributed by atoms with Crippen molar-refractivity contribution in [2.24, 2.45) is 0 Å². The van der Waals surface area contributed by atoms with Crippen LogP contribution in [0.3, 0.4) is 0 Å². The first-order valence-electron chi connectivity index (χ1n) is 9.00. The Bertz CT molecular complexity index is 1030. The molecule has 0 bridgehead atoms. The summed E-state index contributed by atoms with van der Waals surface area (Å²) in [6, 6.07) is 12.0.